The van der Waals surface area contributed by atoms with Crippen LogP contribution in [0.15, 0.2) is 29.3 Å². The molecule has 1 rings (SSSR count). The smallest absolute Gasteiger partial charge is 0.193 e. The molecule has 0 amide bonds. The molecule has 0 fully saturated rings. The van der Waals surface area contributed by atoms with Crippen molar-refractivity contribution >= 4 is 23.4 Å². The van der Waals surface area contributed by atoms with Gasteiger partial charge in [-0.15, -0.1) is 0 Å². The molecule has 118 valence electrons. The van der Waals surface area contributed by atoms with E-state index in [1.165, 1.54) is 30.6 Å². The summed E-state index contributed by atoms with van der Waals surface area (Å²) in [5.41, 5.74) is 8.25. The third-order valence-electron chi connectivity index (χ3n) is 3.36. The molecule has 0 aliphatic heterocycles. The molecule has 0 atom stereocenters. The number of hydrogen-bond donors (Lipinski definition) is 2. The summed E-state index contributed by atoms with van der Waals surface area (Å²) in [6, 6.07) is 8.35. The van der Waals surface area contributed by atoms with Gasteiger partial charge in [0.1, 0.15) is 0 Å². The van der Waals surface area contributed by atoms with Crippen molar-refractivity contribution in [3.8, 4) is 0 Å². The summed E-state index contributed by atoms with van der Waals surface area (Å²) in [6.45, 7) is 5.18. The van der Waals surface area contributed by atoms with E-state index in [9.17, 15) is 0 Å². The number of nitrogens with zero attached hydrogens (tertiary/aromatic N) is 1. The highest BCUT2D eigenvalue weighted by atomic mass is 32.2. The van der Waals surface area contributed by atoms with Gasteiger partial charge < -0.3 is 11.1 Å². The van der Waals surface area contributed by atoms with E-state index in [-0.39, 0.29) is 0 Å². The van der Waals surface area contributed by atoms with Gasteiger partial charge in [-0.25, -0.2) is 0 Å². The first-order valence-corrected chi connectivity index (χ1v) is 9.18. The Balaban J connectivity index is 2.30. The highest BCUT2D eigenvalue weighted by molar-refractivity contribution is 7.98. The molecule has 0 spiro atoms. The molecule has 0 unspecified atom stereocenters. The predicted molar refractivity (Wildman–Crippen MR) is 97.5 cm³/mol. The van der Waals surface area contributed by atoms with E-state index in [0.717, 1.165) is 18.7 Å². The summed E-state index contributed by atoms with van der Waals surface area (Å²) in [5, 5.41) is 3.17. The number of thioether (sulfide) groups is 1. The first kappa shape index (κ1) is 17.9. The van der Waals surface area contributed by atoms with Gasteiger partial charge in [-0.3, -0.25) is 4.99 Å². The molecule has 21 heavy (non-hydrogen) atoms. The van der Waals surface area contributed by atoms with Crippen molar-refractivity contribution in [2.75, 3.05) is 23.9 Å². The molecule has 0 heterocycles. The maximum atomic E-state index is 5.93. The Labute approximate surface area is 133 Å². The number of aliphatic imine (C=N–C) groups is 1. The molecule has 0 saturated heterocycles. The Morgan fingerprint density at radius 3 is 2.71 bits per heavy atom. The normalized spacial score (nSPS) is 11.9. The summed E-state index contributed by atoms with van der Waals surface area (Å²) >= 11 is 1.92. The van der Waals surface area contributed by atoms with Gasteiger partial charge in [0.25, 0.3) is 0 Å². The Bertz CT molecular complexity index is 430. The van der Waals surface area contributed by atoms with Crippen LogP contribution in [0.4, 0.5) is 5.69 Å². The van der Waals surface area contributed by atoms with Crippen LogP contribution in [0.3, 0.4) is 0 Å². The zero-order valence-corrected chi connectivity index (χ0v) is 14.4. The van der Waals surface area contributed by atoms with Crippen LogP contribution in [0.5, 0.6) is 0 Å². The van der Waals surface area contributed by atoms with Crippen LogP contribution in [-0.2, 0) is 0 Å². The first-order valence-electron chi connectivity index (χ1n) is 7.79. The lowest BCUT2D eigenvalue weighted by atomic mass is 10.0. The van der Waals surface area contributed by atoms with Crippen molar-refractivity contribution in [3.05, 3.63) is 29.8 Å². The number of anilines is 1. The first-order chi connectivity index (χ1) is 10.1. The Kier molecular flexibility index (Phi) is 8.99. The quantitative estimate of drug-likeness (QED) is 0.402. The summed E-state index contributed by atoms with van der Waals surface area (Å²) in [5.74, 6) is 2.30. The maximum Gasteiger partial charge on any atom is 0.193 e. The van der Waals surface area contributed by atoms with Crippen LogP contribution in [0.1, 0.15) is 51.0 Å². The highest BCUT2D eigenvalue weighted by Crippen LogP contribution is 2.18. The van der Waals surface area contributed by atoms with E-state index in [4.69, 9.17) is 5.73 Å². The predicted octanol–water partition coefficient (Wildman–Crippen LogP) is 4.46. The molecule has 0 aliphatic carbocycles. The molecule has 0 aromatic heterocycles. The standard InChI is InChI=1S/C17H29N3S/c1-14(2)15-9-8-10-16(13-15)20-17(18)19-11-6-4-5-7-12-21-3/h8-10,13-14H,4-7,11-12H2,1-3H3,(H3,18,19,20). The fourth-order valence-corrected chi connectivity index (χ4v) is 2.57. The Hall–Kier alpha value is -1.16. The third kappa shape index (κ3) is 8.00. The Morgan fingerprint density at radius 1 is 1.24 bits per heavy atom. The van der Waals surface area contributed by atoms with Gasteiger partial charge in [0.2, 0.25) is 0 Å². The number of nitrogens with two attached hydrogens (primary N) is 1. The lowest BCUT2D eigenvalue weighted by Crippen LogP contribution is -2.22. The lowest BCUT2D eigenvalue weighted by Gasteiger charge is -2.10. The summed E-state index contributed by atoms with van der Waals surface area (Å²) in [4.78, 5) is 4.39. The van der Waals surface area contributed by atoms with E-state index < -0.39 is 0 Å². The summed E-state index contributed by atoms with van der Waals surface area (Å²) in [7, 11) is 0. The molecule has 0 bridgehead atoms. The van der Waals surface area contributed by atoms with Crippen LogP contribution in [0.2, 0.25) is 0 Å². The molecule has 0 radical (unpaired) electrons. The van der Waals surface area contributed by atoms with Gasteiger partial charge in [0, 0.05) is 12.2 Å². The minimum Gasteiger partial charge on any atom is -0.370 e. The zero-order chi connectivity index (χ0) is 15.5. The average molecular weight is 308 g/mol. The minimum absolute atomic E-state index is 0.514. The van der Waals surface area contributed by atoms with Crippen LogP contribution in [0.25, 0.3) is 0 Å². The van der Waals surface area contributed by atoms with Crippen molar-refractivity contribution in [1.82, 2.24) is 0 Å². The summed E-state index contributed by atoms with van der Waals surface area (Å²) < 4.78 is 0. The van der Waals surface area contributed by atoms with E-state index in [2.05, 4.69) is 48.6 Å². The van der Waals surface area contributed by atoms with Crippen LogP contribution in [0, 0.1) is 0 Å². The van der Waals surface area contributed by atoms with Crippen molar-refractivity contribution in [1.29, 1.82) is 0 Å². The van der Waals surface area contributed by atoms with Crippen molar-refractivity contribution in [3.63, 3.8) is 0 Å². The monoisotopic (exact) mass is 307 g/mol. The van der Waals surface area contributed by atoms with Crippen LogP contribution in [-0.4, -0.2) is 24.5 Å². The average Bonchev–Trinajstić information content (AvgIpc) is 2.46. The second-order valence-electron chi connectivity index (χ2n) is 5.58. The molecule has 4 heteroatoms. The number of rotatable bonds is 9. The van der Waals surface area contributed by atoms with E-state index >= 15 is 0 Å². The number of guanidine groups is 1. The zero-order valence-electron chi connectivity index (χ0n) is 13.6. The van der Waals surface area contributed by atoms with Crippen LogP contribution >= 0.6 is 11.8 Å². The largest absolute Gasteiger partial charge is 0.370 e. The molecule has 1 aromatic carbocycles. The fourth-order valence-electron chi connectivity index (χ4n) is 2.07. The van der Waals surface area contributed by atoms with Gasteiger partial charge in [-0.05, 0) is 48.5 Å². The van der Waals surface area contributed by atoms with E-state index in [1.807, 2.05) is 17.8 Å². The van der Waals surface area contributed by atoms with Gasteiger partial charge >= 0.3 is 0 Å². The molecule has 3 nitrogen and oxygen atoms in total. The molecular formula is C17H29N3S. The molecule has 0 saturated carbocycles. The third-order valence-corrected chi connectivity index (χ3v) is 4.06. The van der Waals surface area contributed by atoms with E-state index in [1.54, 1.807) is 0 Å². The molecule has 1 aromatic rings. The second kappa shape index (κ2) is 10.6. The topological polar surface area (TPSA) is 50.4 Å². The number of benzene rings is 1. The van der Waals surface area contributed by atoms with Crippen LogP contribution < -0.4 is 11.1 Å². The highest BCUT2D eigenvalue weighted by Gasteiger charge is 2.01. The number of unbranched alkanes of at least 4 members (excludes halogenated alkanes) is 3. The van der Waals surface area contributed by atoms with Gasteiger partial charge in [-0.2, -0.15) is 11.8 Å². The fraction of sp³-hybridized carbons (Fsp3) is 0.588. The van der Waals surface area contributed by atoms with Crippen molar-refractivity contribution < 1.29 is 0 Å². The Morgan fingerprint density at radius 2 is 2.00 bits per heavy atom. The van der Waals surface area contributed by atoms with Gasteiger partial charge in [-0.1, -0.05) is 38.8 Å². The maximum absolute atomic E-state index is 5.93. The second-order valence-corrected chi connectivity index (χ2v) is 6.56. The van der Waals surface area contributed by atoms with Crippen molar-refractivity contribution in [2.45, 2.75) is 45.4 Å². The summed E-state index contributed by atoms with van der Waals surface area (Å²) in [6.07, 6.45) is 7.11. The van der Waals surface area contributed by atoms with E-state index in [0.29, 0.717) is 11.9 Å². The number of nitrogens with one attached hydrogen (secondary N) is 1. The minimum atomic E-state index is 0.514. The van der Waals surface area contributed by atoms with Crippen molar-refractivity contribution in [2.24, 2.45) is 10.7 Å². The molecule has 0 aliphatic rings. The van der Waals surface area contributed by atoms with Gasteiger partial charge in [0.05, 0.1) is 0 Å². The SMILES string of the molecule is CSCCCCCCN=C(N)Nc1cccc(C(C)C)c1. The van der Waals surface area contributed by atoms with Gasteiger partial charge in [0.15, 0.2) is 5.96 Å². The number of hydrogen-bond acceptors (Lipinski definition) is 2. The molecule has 3 N–H and O–H groups in total. The lowest BCUT2D eigenvalue weighted by molar-refractivity contribution is 0.678. The molecular weight excluding hydrogens is 278 g/mol.